The highest BCUT2D eigenvalue weighted by atomic mass is 19.2. The minimum atomic E-state index is -2.29. The summed E-state index contributed by atoms with van der Waals surface area (Å²) in [6.45, 7) is 0.619. The number of nitriles is 1. The van der Waals surface area contributed by atoms with Gasteiger partial charge in [-0.1, -0.05) is 60.7 Å². The highest BCUT2D eigenvalue weighted by Gasteiger charge is 2.43. The van der Waals surface area contributed by atoms with E-state index >= 15 is 4.39 Å². The molecule has 2 aromatic rings. The third-order valence-corrected chi connectivity index (χ3v) is 4.23. The topological polar surface area (TPSA) is 47.9 Å². The van der Waals surface area contributed by atoms with Crippen molar-refractivity contribution >= 4 is 0 Å². The first-order valence-electron chi connectivity index (χ1n) is 8.36. The van der Waals surface area contributed by atoms with Crippen LogP contribution in [0.1, 0.15) is 11.1 Å². The summed E-state index contributed by atoms with van der Waals surface area (Å²) in [6, 6.07) is 20.5. The molecule has 0 radical (unpaired) electrons. The Balaban J connectivity index is 1.75. The zero-order chi connectivity index (χ0) is 18.4. The smallest absolute Gasteiger partial charge is 0.205 e. The second-order valence-corrected chi connectivity index (χ2v) is 6.14. The molecule has 0 aliphatic heterocycles. The molecule has 0 bridgehead atoms. The first-order valence-corrected chi connectivity index (χ1v) is 8.36. The number of alkyl halides is 1. The lowest BCUT2D eigenvalue weighted by Crippen LogP contribution is -2.47. The van der Waals surface area contributed by atoms with Crippen LogP contribution in [-0.2, 0) is 13.1 Å². The van der Waals surface area contributed by atoms with Gasteiger partial charge in [-0.25, -0.2) is 8.78 Å². The van der Waals surface area contributed by atoms with E-state index in [1.54, 1.807) is 6.07 Å². The molecule has 3 nitrogen and oxygen atoms in total. The Morgan fingerprint density at radius 2 is 1.54 bits per heavy atom. The summed E-state index contributed by atoms with van der Waals surface area (Å²) in [6.07, 6.45) is 2.43. The van der Waals surface area contributed by atoms with Crippen LogP contribution in [0.25, 0.3) is 0 Å². The molecule has 0 saturated heterocycles. The highest BCUT2D eigenvalue weighted by molar-refractivity contribution is 5.36. The summed E-state index contributed by atoms with van der Waals surface area (Å²) in [4.78, 5) is 0. The average molecular weight is 351 g/mol. The molecule has 3 rings (SSSR count). The van der Waals surface area contributed by atoms with Crippen LogP contribution in [0.5, 0.6) is 0 Å². The van der Waals surface area contributed by atoms with Crippen molar-refractivity contribution in [2.45, 2.75) is 18.9 Å². The summed E-state index contributed by atoms with van der Waals surface area (Å²) in [5.41, 5.74) is 2.15. The Hall–Kier alpha value is -2.97. The molecular formula is C21H19F2N3. The Bertz CT molecular complexity index is 841. The number of rotatable bonds is 6. The van der Waals surface area contributed by atoms with Crippen LogP contribution < -0.4 is 10.6 Å². The molecule has 1 aliphatic carbocycles. The van der Waals surface area contributed by atoms with Crippen molar-refractivity contribution in [1.29, 1.82) is 5.26 Å². The van der Waals surface area contributed by atoms with E-state index in [0.717, 1.165) is 11.1 Å². The maximum Gasteiger partial charge on any atom is 0.205 e. The lowest BCUT2D eigenvalue weighted by Gasteiger charge is -2.31. The maximum absolute atomic E-state index is 15.4. The molecule has 2 N–H and O–H groups in total. The van der Waals surface area contributed by atoms with Crippen molar-refractivity contribution < 1.29 is 8.78 Å². The minimum absolute atomic E-state index is 0.186. The first-order chi connectivity index (χ1) is 12.6. The molecule has 2 atom stereocenters. The average Bonchev–Trinajstić information content (AvgIpc) is 2.66. The van der Waals surface area contributed by atoms with Gasteiger partial charge in [0.05, 0.1) is 6.07 Å². The van der Waals surface area contributed by atoms with E-state index in [-0.39, 0.29) is 6.54 Å². The van der Waals surface area contributed by atoms with Crippen LogP contribution in [0.4, 0.5) is 8.78 Å². The van der Waals surface area contributed by atoms with Gasteiger partial charge in [-0.15, -0.1) is 0 Å². The van der Waals surface area contributed by atoms with Crippen LogP contribution >= 0.6 is 0 Å². The predicted molar refractivity (Wildman–Crippen MR) is 96.8 cm³/mol. The number of nitrogens with one attached hydrogen (secondary N) is 2. The maximum atomic E-state index is 15.4. The number of nitrogens with zero attached hydrogens (tertiary/aromatic N) is 1. The number of hydrogen-bond acceptors (Lipinski definition) is 3. The zero-order valence-corrected chi connectivity index (χ0v) is 14.1. The van der Waals surface area contributed by atoms with E-state index < -0.39 is 17.5 Å². The second-order valence-electron chi connectivity index (χ2n) is 6.14. The zero-order valence-electron chi connectivity index (χ0n) is 14.1. The first kappa shape index (κ1) is 17.8. The molecule has 0 spiro atoms. The second kappa shape index (κ2) is 7.94. The van der Waals surface area contributed by atoms with Gasteiger partial charge in [-0.05, 0) is 23.3 Å². The van der Waals surface area contributed by atoms with Crippen LogP contribution in [0.15, 0.2) is 84.3 Å². The van der Waals surface area contributed by atoms with Crippen molar-refractivity contribution in [2.75, 3.05) is 0 Å². The molecule has 5 heteroatoms. The van der Waals surface area contributed by atoms with E-state index in [4.69, 9.17) is 0 Å². The van der Waals surface area contributed by atoms with Gasteiger partial charge >= 0.3 is 0 Å². The third-order valence-electron chi connectivity index (χ3n) is 4.23. The van der Waals surface area contributed by atoms with Crippen molar-refractivity contribution in [2.24, 2.45) is 5.92 Å². The monoisotopic (exact) mass is 351 g/mol. The van der Waals surface area contributed by atoms with Gasteiger partial charge in [-0.2, -0.15) is 5.26 Å². The lowest BCUT2D eigenvalue weighted by molar-refractivity contribution is 0.122. The van der Waals surface area contributed by atoms with Gasteiger partial charge < -0.3 is 5.32 Å². The van der Waals surface area contributed by atoms with Gasteiger partial charge in [0.2, 0.25) is 5.79 Å². The van der Waals surface area contributed by atoms with Crippen molar-refractivity contribution in [3.8, 4) is 6.07 Å². The fraction of sp³-hybridized carbons (Fsp3) is 0.190. The highest BCUT2D eigenvalue weighted by Crippen LogP contribution is 2.34. The lowest BCUT2D eigenvalue weighted by atomic mass is 9.90. The van der Waals surface area contributed by atoms with Gasteiger partial charge in [0.15, 0.2) is 0 Å². The summed E-state index contributed by atoms with van der Waals surface area (Å²) in [5, 5.41) is 14.9. The summed E-state index contributed by atoms with van der Waals surface area (Å²) in [7, 11) is 0. The molecule has 132 valence electrons. The SMILES string of the molecule is N#CC1C(F)=CC(NCc2ccccc2)=CC1(F)NCc1ccccc1. The van der Waals surface area contributed by atoms with Crippen LogP contribution in [0, 0.1) is 17.2 Å². The molecule has 2 unspecified atom stereocenters. The fourth-order valence-corrected chi connectivity index (χ4v) is 2.83. The summed E-state index contributed by atoms with van der Waals surface area (Å²) < 4.78 is 29.7. The van der Waals surface area contributed by atoms with E-state index in [1.807, 2.05) is 60.7 Å². The van der Waals surface area contributed by atoms with E-state index in [9.17, 15) is 9.65 Å². The molecular weight excluding hydrogens is 332 g/mol. The summed E-state index contributed by atoms with van der Waals surface area (Å²) >= 11 is 0. The number of benzene rings is 2. The molecule has 26 heavy (non-hydrogen) atoms. The largest absolute Gasteiger partial charge is 0.381 e. The number of halogens is 2. The molecule has 0 fully saturated rings. The molecule has 0 heterocycles. The fourth-order valence-electron chi connectivity index (χ4n) is 2.83. The molecule has 0 amide bonds. The minimum Gasteiger partial charge on any atom is -0.381 e. The van der Waals surface area contributed by atoms with Gasteiger partial charge in [0.25, 0.3) is 0 Å². The molecule has 0 saturated carbocycles. The number of allylic oxidation sites excluding steroid dienone is 1. The van der Waals surface area contributed by atoms with Crippen LogP contribution in [0.3, 0.4) is 0 Å². The van der Waals surface area contributed by atoms with Crippen molar-refractivity contribution in [3.63, 3.8) is 0 Å². The molecule has 0 aromatic heterocycles. The Kier molecular flexibility index (Phi) is 5.45. The molecule has 1 aliphatic rings. The summed E-state index contributed by atoms with van der Waals surface area (Å²) in [5.74, 6) is -4.61. The van der Waals surface area contributed by atoms with Crippen molar-refractivity contribution in [3.05, 3.63) is 95.5 Å². The van der Waals surface area contributed by atoms with Crippen LogP contribution in [0.2, 0.25) is 0 Å². The predicted octanol–water partition coefficient (Wildman–Crippen LogP) is 4.12. The quantitative estimate of drug-likeness (QED) is 0.770. The van der Waals surface area contributed by atoms with Crippen LogP contribution in [-0.4, -0.2) is 5.79 Å². The van der Waals surface area contributed by atoms with Crippen molar-refractivity contribution in [1.82, 2.24) is 10.6 Å². The molecule has 2 aromatic carbocycles. The number of hydrogen-bond donors (Lipinski definition) is 2. The van der Waals surface area contributed by atoms with E-state index in [0.29, 0.717) is 12.2 Å². The normalized spacial score (nSPS) is 22.1. The Morgan fingerprint density at radius 3 is 2.12 bits per heavy atom. The standard InChI is InChI=1S/C21H19F2N3/c22-20-11-18(25-14-16-7-3-1-4-8-16)12-21(23,19(20)13-24)26-15-17-9-5-2-6-10-17/h1-12,19,25-26H,14-15H2. The van der Waals surface area contributed by atoms with Gasteiger partial charge in [-0.3, -0.25) is 5.32 Å². The van der Waals surface area contributed by atoms with E-state index in [1.165, 1.54) is 12.2 Å². The van der Waals surface area contributed by atoms with Gasteiger partial charge in [0, 0.05) is 18.8 Å². The van der Waals surface area contributed by atoms with Gasteiger partial charge in [0.1, 0.15) is 11.7 Å². The Labute approximate surface area is 151 Å². The Morgan fingerprint density at radius 1 is 0.962 bits per heavy atom. The third kappa shape index (κ3) is 4.16. The van der Waals surface area contributed by atoms with E-state index in [2.05, 4.69) is 10.6 Å².